The third-order valence-corrected chi connectivity index (χ3v) is 4.91. The van der Waals surface area contributed by atoms with Gasteiger partial charge in [0.2, 0.25) is 9.84 Å². The number of aromatic hydroxyl groups is 2. The Labute approximate surface area is 111 Å². The van der Waals surface area contributed by atoms with Gasteiger partial charge in [0.05, 0.1) is 9.79 Å². The maximum atomic E-state index is 12.5. The molecule has 0 fully saturated rings. The van der Waals surface area contributed by atoms with Crippen LogP contribution in [0.1, 0.15) is 11.1 Å². The molecule has 0 aliphatic heterocycles. The van der Waals surface area contributed by atoms with E-state index in [0.29, 0.717) is 5.56 Å². The molecule has 0 aromatic heterocycles. The predicted molar refractivity (Wildman–Crippen MR) is 71.1 cm³/mol. The molecular formula is C14H14O4S. The smallest absolute Gasteiger partial charge is 0.207 e. The first-order chi connectivity index (χ1) is 8.85. The first-order valence-corrected chi connectivity index (χ1v) is 7.16. The average molecular weight is 278 g/mol. The summed E-state index contributed by atoms with van der Waals surface area (Å²) in [5.74, 6) is -0.681. The largest absolute Gasteiger partial charge is 0.504 e. The van der Waals surface area contributed by atoms with Crippen LogP contribution in [0.15, 0.2) is 46.2 Å². The number of aryl methyl sites for hydroxylation is 1. The van der Waals surface area contributed by atoms with E-state index in [1.807, 2.05) is 0 Å². The topological polar surface area (TPSA) is 74.6 Å². The summed E-state index contributed by atoms with van der Waals surface area (Å²) in [5.41, 5.74) is 0.463. The zero-order valence-corrected chi connectivity index (χ0v) is 11.4. The van der Waals surface area contributed by atoms with E-state index >= 15 is 0 Å². The van der Waals surface area contributed by atoms with E-state index in [4.69, 9.17) is 0 Å². The van der Waals surface area contributed by atoms with Gasteiger partial charge in [-0.1, -0.05) is 18.2 Å². The molecule has 0 radical (unpaired) electrons. The molecule has 4 nitrogen and oxygen atoms in total. The van der Waals surface area contributed by atoms with Crippen molar-refractivity contribution >= 4 is 9.84 Å². The number of phenols is 2. The quantitative estimate of drug-likeness (QED) is 0.828. The fourth-order valence-corrected chi connectivity index (χ4v) is 3.46. The molecule has 0 atom stereocenters. The third-order valence-electron chi connectivity index (χ3n) is 3.01. The van der Waals surface area contributed by atoms with E-state index in [2.05, 4.69) is 0 Å². The lowest BCUT2D eigenvalue weighted by Gasteiger charge is -2.12. The van der Waals surface area contributed by atoms with Crippen molar-refractivity contribution in [2.24, 2.45) is 0 Å². The van der Waals surface area contributed by atoms with Crippen molar-refractivity contribution in [1.82, 2.24) is 0 Å². The van der Waals surface area contributed by atoms with Gasteiger partial charge in [-0.25, -0.2) is 8.42 Å². The summed E-state index contributed by atoms with van der Waals surface area (Å²) >= 11 is 0. The minimum absolute atomic E-state index is 0.00602. The van der Waals surface area contributed by atoms with Crippen molar-refractivity contribution in [2.75, 3.05) is 0 Å². The van der Waals surface area contributed by atoms with Crippen LogP contribution in [0.5, 0.6) is 11.5 Å². The van der Waals surface area contributed by atoms with E-state index in [-0.39, 0.29) is 21.1 Å². The molecule has 0 saturated carbocycles. The lowest BCUT2D eigenvalue weighted by Crippen LogP contribution is -2.05. The van der Waals surface area contributed by atoms with Crippen LogP contribution in [-0.2, 0) is 9.84 Å². The number of phenolic OH excluding ortho intramolecular Hbond substituents is 2. The Bertz CT molecular complexity index is 719. The van der Waals surface area contributed by atoms with E-state index in [0.717, 1.165) is 0 Å². The maximum Gasteiger partial charge on any atom is 0.207 e. The molecule has 2 aromatic carbocycles. The first-order valence-electron chi connectivity index (χ1n) is 5.68. The molecule has 100 valence electrons. The van der Waals surface area contributed by atoms with Gasteiger partial charge in [-0.3, -0.25) is 0 Å². The zero-order chi connectivity index (χ0) is 14.2. The minimum atomic E-state index is -3.70. The Morgan fingerprint density at radius 1 is 0.947 bits per heavy atom. The molecule has 0 unspecified atom stereocenters. The molecule has 0 saturated heterocycles. The summed E-state index contributed by atoms with van der Waals surface area (Å²) in [6, 6.07) is 9.35. The molecule has 2 aromatic rings. The van der Waals surface area contributed by atoms with Crippen LogP contribution in [0.3, 0.4) is 0 Å². The van der Waals surface area contributed by atoms with Crippen LogP contribution < -0.4 is 0 Å². The van der Waals surface area contributed by atoms with E-state index < -0.39 is 15.6 Å². The number of hydrogen-bond donors (Lipinski definition) is 2. The Balaban J connectivity index is 2.73. The molecule has 0 spiro atoms. The number of hydrogen-bond acceptors (Lipinski definition) is 4. The van der Waals surface area contributed by atoms with Crippen molar-refractivity contribution < 1.29 is 18.6 Å². The molecule has 0 aliphatic rings. The van der Waals surface area contributed by atoms with Crippen LogP contribution in [0, 0.1) is 13.8 Å². The second kappa shape index (κ2) is 4.59. The van der Waals surface area contributed by atoms with Gasteiger partial charge in [-0.2, -0.15) is 0 Å². The minimum Gasteiger partial charge on any atom is -0.504 e. The van der Waals surface area contributed by atoms with Crippen LogP contribution in [-0.4, -0.2) is 18.6 Å². The highest BCUT2D eigenvalue weighted by Gasteiger charge is 2.23. The van der Waals surface area contributed by atoms with Crippen LogP contribution in [0.4, 0.5) is 0 Å². The van der Waals surface area contributed by atoms with Crippen molar-refractivity contribution in [3.63, 3.8) is 0 Å². The van der Waals surface area contributed by atoms with Crippen molar-refractivity contribution in [3.05, 3.63) is 47.5 Å². The fraction of sp³-hybridized carbons (Fsp3) is 0.143. The summed E-state index contributed by atoms with van der Waals surface area (Å²) in [4.78, 5) is 0.161. The molecule has 2 N–H and O–H groups in total. The van der Waals surface area contributed by atoms with Crippen LogP contribution in [0.25, 0.3) is 0 Å². The van der Waals surface area contributed by atoms with Crippen molar-refractivity contribution in [1.29, 1.82) is 0 Å². The molecular weight excluding hydrogens is 264 g/mol. The number of sulfone groups is 1. The zero-order valence-electron chi connectivity index (χ0n) is 10.6. The molecule has 0 aliphatic carbocycles. The summed E-state index contributed by atoms with van der Waals surface area (Å²) in [5, 5.41) is 19.4. The fourth-order valence-electron chi connectivity index (χ4n) is 1.86. The number of rotatable bonds is 2. The van der Waals surface area contributed by atoms with Gasteiger partial charge in [-0.15, -0.1) is 0 Å². The first kappa shape index (κ1) is 13.4. The normalized spacial score (nSPS) is 11.5. The molecule has 0 amide bonds. The Morgan fingerprint density at radius 3 is 2.11 bits per heavy atom. The van der Waals surface area contributed by atoms with Gasteiger partial charge >= 0.3 is 0 Å². The number of benzene rings is 2. The Hall–Kier alpha value is -2.01. The van der Waals surface area contributed by atoms with Gasteiger partial charge in [0.25, 0.3) is 0 Å². The Morgan fingerprint density at radius 2 is 1.53 bits per heavy atom. The van der Waals surface area contributed by atoms with Gasteiger partial charge in [0.1, 0.15) is 0 Å². The summed E-state index contributed by atoms with van der Waals surface area (Å²) in [6.45, 7) is 3.00. The highest BCUT2D eigenvalue weighted by Crippen LogP contribution is 2.37. The van der Waals surface area contributed by atoms with Gasteiger partial charge in [-0.05, 0) is 37.6 Å². The second-order valence-electron chi connectivity index (χ2n) is 4.33. The third kappa shape index (κ3) is 2.17. The maximum absolute atomic E-state index is 12.5. The molecule has 0 bridgehead atoms. The van der Waals surface area contributed by atoms with Gasteiger partial charge in [0, 0.05) is 5.56 Å². The van der Waals surface area contributed by atoms with Gasteiger partial charge in [0.15, 0.2) is 11.5 Å². The molecule has 19 heavy (non-hydrogen) atoms. The lowest BCUT2D eigenvalue weighted by atomic mass is 10.1. The highest BCUT2D eigenvalue weighted by atomic mass is 32.2. The summed E-state index contributed by atoms with van der Waals surface area (Å²) in [7, 11) is -3.70. The van der Waals surface area contributed by atoms with Crippen LogP contribution in [0.2, 0.25) is 0 Å². The SMILES string of the molecule is Cc1cc(S(=O)(=O)c2ccccc2)c(C)c(O)c1O. The monoisotopic (exact) mass is 278 g/mol. The predicted octanol–water partition coefficient (Wildman–Crippen LogP) is 2.55. The summed E-state index contributed by atoms with van der Waals surface area (Å²) < 4.78 is 25.0. The van der Waals surface area contributed by atoms with E-state index in [1.54, 1.807) is 25.1 Å². The molecule has 0 heterocycles. The molecule has 5 heteroatoms. The van der Waals surface area contributed by atoms with Crippen molar-refractivity contribution in [3.8, 4) is 11.5 Å². The van der Waals surface area contributed by atoms with Crippen LogP contribution >= 0.6 is 0 Å². The lowest BCUT2D eigenvalue weighted by molar-refractivity contribution is 0.396. The highest BCUT2D eigenvalue weighted by molar-refractivity contribution is 7.91. The Kier molecular flexibility index (Phi) is 3.24. The molecule has 2 rings (SSSR count). The van der Waals surface area contributed by atoms with E-state index in [1.165, 1.54) is 25.1 Å². The summed E-state index contributed by atoms with van der Waals surface area (Å²) in [6.07, 6.45) is 0. The van der Waals surface area contributed by atoms with Crippen molar-refractivity contribution in [2.45, 2.75) is 23.6 Å². The van der Waals surface area contributed by atoms with E-state index in [9.17, 15) is 18.6 Å². The average Bonchev–Trinajstić information content (AvgIpc) is 2.41. The van der Waals surface area contributed by atoms with Gasteiger partial charge < -0.3 is 10.2 Å². The second-order valence-corrected chi connectivity index (χ2v) is 6.25. The standard InChI is InChI=1S/C14H14O4S/c1-9-8-12(10(2)14(16)13(9)15)19(17,18)11-6-4-3-5-7-11/h3-8,15-16H,1-2H3.